The van der Waals surface area contributed by atoms with Crippen LogP contribution in [-0.4, -0.2) is 48.6 Å². The summed E-state index contributed by atoms with van der Waals surface area (Å²) in [5.74, 6) is 5.08. The van der Waals surface area contributed by atoms with Crippen LogP contribution in [-0.2, 0) is 23.1 Å². The number of nitrogens with one attached hydrogen (secondary N) is 2. The summed E-state index contributed by atoms with van der Waals surface area (Å²) in [6.07, 6.45) is 5.00. The minimum absolute atomic E-state index is 0.00132. The molecular weight excluding hydrogens is 691 g/mol. The van der Waals surface area contributed by atoms with Crippen LogP contribution in [0.25, 0.3) is 55.0 Å². The normalized spacial score (nSPS) is 14.2. The van der Waals surface area contributed by atoms with Crippen LogP contribution in [0.2, 0.25) is 0 Å². The SMILES string of the molecule is CCc1cc(-c2cccc3cc(-c4ccc(C(=O)NCC#Cc5ccc6c(C)nn(C7CCC(=O)NC7=O)c6c5)nc4)ncc23)c2cc(C)c(=O)n(C)c2c1. The Hall–Kier alpha value is -6.93. The molecule has 1 aliphatic rings. The number of carbonyl (C=O) groups is 3. The zero-order valence-corrected chi connectivity index (χ0v) is 30.9. The lowest BCUT2D eigenvalue weighted by Crippen LogP contribution is -2.42. The number of fused-ring (bicyclic) bond motifs is 3. The van der Waals surface area contributed by atoms with Crippen molar-refractivity contribution in [2.45, 2.75) is 46.1 Å². The lowest BCUT2D eigenvalue weighted by Gasteiger charge is -2.21. The third-order valence-electron chi connectivity index (χ3n) is 10.3. The van der Waals surface area contributed by atoms with Crippen molar-refractivity contribution in [3.63, 3.8) is 0 Å². The molecule has 0 aliphatic carbocycles. The molecule has 11 heteroatoms. The van der Waals surface area contributed by atoms with Crippen LogP contribution in [0.15, 0.2) is 90.0 Å². The number of piperidine rings is 1. The van der Waals surface area contributed by atoms with Crippen molar-refractivity contribution >= 4 is 50.3 Å². The number of benzene rings is 3. The van der Waals surface area contributed by atoms with Gasteiger partial charge in [0.05, 0.1) is 29.0 Å². The molecule has 8 rings (SSSR count). The van der Waals surface area contributed by atoms with E-state index >= 15 is 0 Å². The van der Waals surface area contributed by atoms with E-state index in [0.717, 1.165) is 72.6 Å². The first kappa shape index (κ1) is 35.1. The van der Waals surface area contributed by atoms with Gasteiger partial charge >= 0.3 is 0 Å². The summed E-state index contributed by atoms with van der Waals surface area (Å²) >= 11 is 0. The average Bonchev–Trinajstić information content (AvgIpc) is 3.52. The van der Waals surface area contributed by atoms with Crippen LogP contribution in [0.5, 0.6) is 0 Å². The molecule has 1 saturated heterocycles. The fraction of sp³-hybridized carbons (Fsp3) is 0.205. The molecule has 1 unspecified atom stereocenters. The first-order chi connectivity index (χ1) is 26.6. The number of nitrogens with zero attached hydrogens (tertiary/aromatic N) is 5. The van der Waals surface area contributed by atoms with E-state index in [1.54, 1.807) is 21.5 Å². The van der Waals surface area contributed by atoms with E-state index in [0.29, 0.717) is 17.5 Å². The molecule has 272 valence electrons. The van der Waals surface area contributed by atoms with Crippen molar-refractivity contribution < 1.29 is 14.4 Å². The number of rotatable bonds is 6. The highest BCUT2D eigenvalue weighted by atomic mass is 16.2. The Morgan fingerprint density at radius 3 is 2.55 bits per heavy atom. The fourth-order valence-corrected chi connectivity index (χ4v) is 7.34. The maximum absolute atomic E-state index is 13.0. The molecule has 2 N–H and O–H groups in total. The molecule has 3 aromatic carbocycles. The summed E-state index contributed by atoms with van der Waals surface area (Å²) in [6.45, 7) is 5.94. The third kappa shape index (κ3) is 6.52. The van der Waals surface area contributed by atoms with Gasteiger partial charge in [0.25, 0.3) is 17.4 Å². The molecule has 0 radical (unpaired) electrons. The number of carbonyl (C=O) groups excluding carboxylic acids is 3. The molecular formula is C44H37N7O4. The van der Waals surface area contributed by atoms with Crippen LogP contribution in [0.1, 0.15) is 58.7 Å². The molecule has 7 aromatic rings. The van der Waals surface area contributed by atoms with Crippen LogP contribution < -0.4 is 16.2 Å². The van der Waals surface area contributed by atoms with Crippen molar-refractivity contribution in [3.05, 3.63) is 124 Å². The van der Waals surface area contributed by atoms with Gasteiger partial charge in [-0.3, -0.25) is 39.1 Å². The second kappa shape index (κ2) is 14.1. The quantitative estimate of drug-likeness (QED) is 0.156. The van der Waals surface area contributed by atoms with Gasteiger partial charge in [-0.25, -0.2) is 0 Å². The van der Waals surface area contributed by atoms with Crippen molar-refractivity contribution in [2.24, 2.45) is 7.05 Å². The minimum Gasteiger partial charge on any atom is -0.340 e. The number of hydrogen-bond acceptors (Lipinski definition) is 7. The van der Waals surface area contributed by atoms with Crippen molar-refractivity contribution in [1.82, 2.24) is 34.9 Å². The zero-order chi connectivity index (χ0) is 38.4. The Bertz CT molecular complexity index is 2860. The van der Waals surface area contributed by atoms with E-state index in [1.165, 1.54) is 0 Å². The van der Waals surface area contributed by atoms with Crippen LogP contribution in [0.4, 0.5) is 0 Å². The number of pyridine rings is 3. The van der Waals surface area contributed by atoms with E-state index in [4.69, 9.17) is 4.98 Å². The number of amides is 3. The monoisotopic (exact) mass is 727 g/mol. The maximum Gasteiger partial charge on any atom is 0.270 e. The summed E-state index contributed by atoms with van der Waals surface area (Å²) in [4.78, 5) is 59.1. The first-order valence-electron chi connectivity index (χ1n) is 18.2. The van der Waals surface area contributed by atoms with Crippen LogP contribution in [0, 0.1) is 25.7 Å². The Balaban J connectivity index is 0.982. The Labute approximate surface area is 316 Å². The first-order valence-corrected chi connectivity index (χ1v) is 18.2. The highest BCUT2D eigenvalue weighted by Crippen LogP contribution is 2.36. The van der Waals surface area contributed by atoms with Crippen molar-refractivity contribution in [1.29, 1.82) is 0 Å². The second-order valence-corrected chi connectivity index (χ2v) is 13.9. The Kier molecular flexibility index (Phi) is 9.03. The van der Waals surface area contributed by atoms with E-state index in [9.17, 15) is 19.2 Å². The van der Waals surface area contributed by atoms with E-state index < -0.39 is 6.04 Å². The largest absolute Gasteiger partial charge is 0.340 e. The lowest BCUT2D eigenvalue weighted by molar-refractivity contribution is -0.135. The molecule has 0 spiro atoms. The van der Waals surface area contributed by atoms with Gasteiger partial charge in [0, 0.05) is 58.7 Å². The fourth-order valence-electron chi connectivity index (χ4n) is 7.34. The second-order valence-electron chi connectivity index (χ2n) is 13.9. The Morgan fingerprint density at radius 2 is 1.76 bits per heavy atom. The molecule has 0 bridgehead atoms. The van der Waals surface area contributed by atoms with Gasteiger partial charge in [0.1, 0.15) is 11.7 Å². The highest BCUT2D eigenvalue weighted by Gasteiger charge is 2.30. The molecule has 0 saturated carbocycles. The van der Waals surface area contributed by atoms with Gasteiger partial charge in [0.15, 0.2) is 0 Å². The molecule has 1 aliphatic heterocycles. The molecule has 11 nitrogen and oxygen atoms in total. The van der Waals surface area contributed by atoms with E-state index in [-0.39, 0.29) is 41.9 Å². The molecule has 1 fully saturated rings. The average molecular weight is 728 g/mol. The zero-order valence-electron chi connectivity index (χ0n) is 30.9. The Morgan fingerprint density at radius 1 is 0.909 bits per heavy atom. The number of aromatic nitrogens is 5. The molecule has 3 amide bonds. The number of imide groups is 1. The van der Waals surface area contributed by atoms with Gasteiger partial charge in [-0.1, -0.05) is 43.0 Å². The highest BCUT2D eigenvalue weighted by molar-refractivity contribution is 6.05. The van der Waals surface area contributed by atoms with E-state index in [2.05, 4.69) is 63.7 Å². The van der Waals surface area contributed by atoms with Gasteiger partial charge < -0.3 is 9.88 Å². The summed E-state index contributed by atoms with van der Waals surface area (Å²) in [5.41, 5.74) is 8.85. The molecule has 5 heterocycles. The van der Waals surface area contributed by atoms with Gasteiger partial charge in [-0.2, -0.15) is 5.10 Å². The van der Waals surface area contributed by atoms with E-state index in [1.807, 2.05) is 69.6 Å². The third-order valence-corrected chi connectivity index (χ3v) is 10.3. The standard InChI is InChI=1S/C44H37N7O4/c1-5-27-19-33(34-18-25(2)44(55)50(4)39(34)20-27)32-10-6-9-29-22-37(47-24-35(29)32)30-12-14-36(46-23-30)42(53)45-17-7-8-28-11-13-31-26(3)49-51(40(31)21-28)38-15-16-41(52)48-43(38)54/h6,9-14,18-24,38H,5,15-17H2,1-4H3,(H,45,53)(H,48,52,54). The number of aryl methyl sites for hydroxylation is 4. The topological polar surface area (TPSA) is 141 Å². The lowest BCUT2D eigenvalue weighted by atomic mass is 9.93. The molecule has 4 aromatic heterocycles. The summed E-state index contributed by atoms with van der Waals surface area (Å²) < 4.78 is 3.40. The maximum atomic E-state index is 13.0. The minimum atomic E-state index is -0.570. The molecule has 55 heavy (non-hydrogen) atoms. The predicted octanol–water partition coefficient (Wildman–Crippen LogP) is 6.10. The van der Waals surface area contributed by atoms with Crippen LogP contribution in [0.3, 0.4) is 0 Å². The van der Waals surface area contributed by atoms with Gasteiger partial charge in [-0.15, -0.1) is 0 Å². The van der Waals surface area contributed by atoms with Gasteiger partial charge in [-0.05, 0) is 97.3 Å². The molecule has 1 atom stereocenters. The summed E-state index contributed by atoms with van der Waals surface area (Å²) in [7, 11) is 1.82. The van der Waals surface area contributed by atoms with Gasteiger partial charge in [0.2, 0.25) is 5.91 Å². The summed E-state index contributed by atoms with van der Waals surface area (Å²) in [6, 6.07) is 23.1. The predicted molar refractivity (Wildman–Crippen MR) is 212 cm³/mol. The van der Waals surface area contributed by atoms with Crippen molar-refractivity contribution in [2.75, 3.05) is 6.54 Å². The van der Waals surface area contributed by atoms with Crippen LogP contribution >= 0.6 is 0 Å². The van der Waals surface area contributed by atoms with Crippen molar-refractivity contribution in [3.8, 4) is 34.2 Å². The summed E-state index contributed by atoms with van der Waals surface area (Å²) in [5, 5.41) is 13.7. The number of hydrogen-bond donors (Lipinski definition) is 2. The smallest absolute Gasteiger partial charge is 0.270 e.